The second kappa shape index (κ2) is 9.73. The summed E-state index contributed by atoms with van der Waals surface area (Å²) in [5, 5.41) is 5.75. The van der Waals surface area contributed by atoms with Gasteiger partial charge in [-0.1, -0.05) is 44.0 Å². The van der Waals surface area contributed by atoms with Crippen molar-refractivity contribution in [1.82, 2.24) is 20.0 Å². The van der Waals surface area contributed by atoms with Gasteiger partial charge in [-0.2, -0.15) is 0 Å². The van der Waals surface area contributed by atoms with Crippen LogP contribution in [0.1, 0.15) is 52.9 Å². The highest BCUT2D eigenvalue weighted by Gasteiger charge is 2.21. The monoisotopic (exact) mass is 394 g/mol. The molecular weight excluding hydrogens is 368 g/mol. The minimum Gasteiger partial charge on any atom is -0.496 e. The van der Waals surface area contributed by atoms with Gasteiger partial charge in [0.1, 0.15) is 5.75 Å². The van der Waals surface area contributed by atoms with E-state index in [2.05, 4.69) is 22.5 Å². The minimum atomic E-state index is -0.359. The molecule has 3 rings (SSSR count). The number of benzene rings is 1. The first-order valence-corrected chi connectivity index (χ1v) is 9.81. The van der Waals surface area contributed by atoms with E-state index in [0.717, 1.165) is 24.8 Å². The van der Waals surface area contributed by atoms with Gasteiger partial charge in [-0.3, -0.25) is 14.0 Å². The highest BCUT2D eigenvalue weighted by molar-refractivity contribution is 6.02. The van der Waals surface area contributed by atoms with Crippen molar-refractivity contribution >= 4 is 17.3 Å². The van der Waals surface area contributed by atoms with Crippen LogP contribution in [0, 0.1) is 0 Å². The van der Waals surface area contributed by atoms with Gasteiger partial charge in [-0.05, 0) is 24.6 Å². The lowest BCUT2D eigenvalue weighted by molar-refractivity contribution is 0.0939. The van der Waals surface area contributed by atoms with Gasteiger partial charge in [0.25, 0.3) is 11.8 Å². The average molecular weight is 394 g/mol. The lowest BCUT2D eigenvalue weighted by atomic mass is 10.2. The highest BCUT2D eigenvalue weighted by atomic mass is 16.5. The largest absolute Gasteiger partial charge is 0.496 e. The summed E-state index contributed by atoms with van der Waals surface area (Å²) in [5.41, 5.74) is 1.71. The number of hydrogen-bond acceptors (Lipinski definition) is 4. The summed E-state index contributed by atoms with van der Waals surface area (Å²) in [6.07, 6.45) is 4.79. The Balaban J connectivity index is 1.78. The third-order valence-electron chi connectivity index (χ3n) is 4.66. The number of carbonyl (C=O) groups excluding carboxylic acids is 2. The van der Waals surface area contributed by atoms with Gasteiger partial charge in [0.05, 0.1) is 12.6 Å². The van der Waals surface area contributed by atoms with Crippen LogP contribution < -0.4 is 15.4 Å². The van der Waals surface area contributed by atoms with E-state index >= 15 is 0 Å². The first kappa shape index (κ1) is 20.4. The number of pyridine rings is 1. The maximum absolute atomic E-state index is 12.8. The zero-order valence-corrected chi connectivity index (χ0v) is 16.8. The van der Waals surface area contributed by atoms with E-state index in [4.69, 9.17) is 4.74 Å². The number of para-hydroxylation sites is 1. The molecule has 0 aliphatic heterocycles. The van der Waals surface area contributed by atoms with Gasteiger partial charge >= 0.3 is 0 Å². The fraction of sp³-hybridized carbons (Fsp3) is 0.318. The molecule has 0 aliphatic carbocycles. The molecule has 0 fully saturated rings. The van der Waals surface area contributed by atoms with Gasteiger partial charge in [0, 0.05) is 24.8 Å². The number of nitrogens with one attached hydrogen (secondary N) is 2. The zero-order chi connectivity index (χ0) is 20.6. The number of unbranched alkanes of at least 4 members (excludes halogenated alkanes) is 2. The summed E-state index contributed by atoms with van der Waals surface area (Å²) in [6.45, 7) is 3.00. The topological polar surface area (TPSA) is 84.7 Å². The standard InChI is InChI=1S/C22H26N4O3/c1-3-4-8-13-23-21(27)19-17-11-7-9-14-26(17)20(25-19)22(28)24-15-16-10-5-6-12-18(16)29-2/h5-7,9-12,14H,3-4,8,13,15H2,1-2H3,(H,23,27)(H,24,28). The number of ether oxygens (including phenoxy) is 1. The Hall–Kier alpha value is -3.35. The van der Waals surface area contributed by atoms with Crippen molar-refractivity contribution in [3.8, 4) is 5.75 Å². The van der Waals surface area contributed by atoms with Crippen LogP contribution in [0.2, 0.25) is 0 Å². The fourth-order valence-electron chi connectivity index (χ4n) is 3.13. The summed E-state index contributed by atoms with van der Waals surface area (Å²) in [6, 6.07) is 12.9. The Morgan fingerprint density at radius 1 is 1.03 bits per heavy atom. The smallest absolute Gasteiger partial charge is 0.287 e. The molecular formula is C22H26N4O3. The Morgan fingerprint density at radius 3 is 2.62 bits per heavy atom. The Kier molecular flexibility index (Phi) is 6.84. The highest BCUT2D eigenvalue weighted by Crippen LogP contribution is 2.17. The Morgan fingerprint density at radius 2 is 1.83 bits per heavy atom. The lowest BCUT2D eigenvalue weighted by Gasteiger charge is -2.09. The molecule has 2 N–H and O–H groups in total. The van der Waals surface area contributed by atoms with Crippen molar-refractivity contribution in [2.45, 2.75) is 32.7 Å². The van der Waals surface area contributed by atoms with Crippen molar-refractivity contribution in [3.05, 3.63) is 65.7 Å². The number of hydrogen-bond donors (Lipinski definition) is 2. The minimum absolute atomic E-state index is 0.175. The van der Waals surface area contributed by atoms with Crippen LogP contribution >= 0.6 is 0 Å². The summed E-state index contributed by atoms with van der Waals surface area (Å²) in [5.74, 6) is 0.248. The number of aromatic nitrogens is 2. The summed E-state index contributed by atoms with van der Waals surface area (Å²) in [7, 11) is 1.59. The molecule has 0 saturated heterocycles. The molecule has 0 unspecified atom stereocenters. The van der Waals surface area contributed by atoms with Gasteiger partial charge in [0.15, 0.2) is 5.69 Å². The number of fused-ring (bicyclic) bond motifs is 1. The maximum Gasteiger partial charge on any atom is 0.287 e. The molecule has 1 aromatic carbocycles. The number of amides is 2. The van der Waals surface area contributed by atoms with Crippen LogP contribution in [-0.4, -0.2) is 34.9 Å². The molecule has 0 saturated carbocycles. The molecule has 0 bridgehead atoms. The van der Waals surface area contributed by atoms with Crippen LogP contribution in [0.3, 0.4) is 0 Å². The normalized spacial score (nSPS) is 10.7. The Bertz CT molecular complexity index is 997. The van der Waals surface area contributed by atoms with E-state index in [0.29, 0.717) is 24.4 Å². The van der Waals surface area contributed by atoms with Gasteiger partial charge in [0.2, 0.25) is 5.82 Å². The first-order chi connectivity index (χ1) is 14.2. The lowest BCUT2D eigenvalue weighted by Crippen LogP contribution is -2.26. The number of carbonyl (C=O) groups is 2. The molecule has 2 amide bonds. The number of nitrogens with zero attached hydrogens (tertiary/aromatic N) is 2. The second-order valence-corrected chi connectivity index (χ2v) is 6.70. The third kappa shape index (κ3) is 4.74. The van der Waals surface area contributed by atoms with E-state index in [1.165, 1.54) is 0 Å². The van der Waals surface area contributed by atoms with E-state index in [-0.39, 0.29) is 23.3 Å². The Labute approximate surface area is 170 Å². The molecule has 29 heavy (non-hydrogen) atoms. The molecule has 0 spiro atoms. The van der Waals surface area contributed by atoms with E-state index in [1.54, 1.807) is 29.8 Å². The summed E-state index contributed by atoms with van der Waals surface area (Å²) in [4.78, 5) is 29.7. The van der Waals surface area contributed by atoms with Gasteiger partial charge in [-0.15, -0.1) is 0 Å². The van der Waals surface area contributed by atoms with Gasteiger partial charge in [-0.25, -0.2) is 4.98 Å². The first-order valence-electron chi connectivity index (χ1n) is 9.81. The molecule has 7 heteroatoms. The molecule has 0 aliphatic rings. The van der Waals surface area contributed by atoms with Crippen molar-refractivity contribution in [1.29, 1.82) is 0 Å². The van der Waals surface area contributed by atoms with Crippen molar-refractivity contribution in [2.75, 3.05) is 13.7 Å². The van der Waals surface area contributed by atoms with E-state index < -0.39 is 0 Å². The average Bonchev–Trinajstić information content (AvgIpc) is 3.15. The molecule has 3 aromatic rings. The molecule has 0 atom stereocenters. The van der Waals surface area contributed by atoms with Crippen LogP contribution in [0.25, 0.3) is 5.52 Å². The van der Waals surface area contributed by atoms with Crippen molar-refractivity contribution in [2.24, 2.45) is 0 Å². The SMILES string of the molecule is CCCCCNC(=O)c1nc(C(=O)NCc2ccccc2OC)n2ccccc12. The quantitative estimate of drug-likeness (QED) is 0.546. The number of imidazole rings is 1. The molecule has 0 radical (unpaired) electrons. The van der Waals surface area contributed by atoms with E-state index in [9.17, 15) is 9.59 Å². The third-order valence-corrected chi connectivity index (χ3v) is 4.66. The fourth-order valence-corrected chi connectivity index (χ4v) is 3.13. The molecule has 2 aromatic heterocycles. The van der Waals surface area contributed by atoms with Crippen LogP contribution in [0.4, 0.5) is 0 Å². The molecule has 7 nitrogen and oxygen atoms in total. The number of rotatable bonds is 9. The van der Waals surface area contributed by atoms with Gasteiger partial charge < -0.3 is 15.4 Å². The number of methoxy groups -OCH3 is 1. The predicted molar refractivity (Wildman–Crippen MR) is 111 cm³/mol. The zero-order valence-electron chi connectivity index (χ0n) is 16.8. The maximum atomic E-state index is 12.8. The predicted octanol–water partition coefficient (Wildman–Crippen LogP) is 3.19. The van der Waals surface area contributed by atoms with Crippen LogP contribution in [0.15, 0.2) is 48.7 Å². The van der Waals surface area contributed by atoms with Crippen LogP contribution in [0.5, 0.6) is 5.75 Å². The summed E-state index contributed by atoms with van der Waals surface area (Å²) < 4.78 is 6.96. The van der Waals surface area contributed by atoms with Crippen molar-refractivity contribution in [3.63, 3.8) is 0 Å². The molecule has 2 heterocycles. The second-order valence-electron chi connectivity index (χ2n) is 6.70. The van der Waals surface area contributed by atoms with E-state index in [1.807, 2.05) is 30.3 Å². The summed E-state index contributed by atoms with van der Waals surface area (Å²) >= 11 is 0. The van der Waals surface area contributed by atoms with Crippen LogP contribution in [-0.2, 0) is 6.54 Å². The van der Waals surface area contributed by atoms with Crippen molar-refractivity contribution < 1.29 is 14.3 Å². The molecule has 152 valence electrons.